The molecular weight excluding hydrogens is 366 g/mol. The van der Waals surface area contributed by atoms with Gasteiger partial charge in [-0.1, -0.05) is 39.0 Å². The van der Waals surface area contributed by atoms with Crippen LogP contribution in [0.5, 0.6) is 0 Å². The van der Waals surface area contributed by atoms with Gasteiger partial charge in [-0.05, 0) is 24.0 Å². The number of hydrogen-bond donors (Lipinski definition) is 4. The van der Waals surface area contributed by atoms with Gasteiger partial charge in [-0.15, -0.1) is 0 Å². The van der Waals surface area contributed by atoms with Crippen molar-refractivity contribution in [1.29, 1.82) is 0 Å². The van der Waals surface area contributed by atoms with E-state index in [1.54, 1.807) is 12.1 Å². The number of amides is 3. The third-order valence-electron chi connectivity index (χ3n) is 3.82. The van der Waals surface area contributed by atoms with Gasteiger partial charge in [-0.25, -0.2) is 0 Å². The molecule has 0 aromatic heterocycles. The highest BCUT2D eigenvalue weighted by molar-refractivity contribution is 6.40. The van der Waals surface area contributed by atoms with E-state index in [1.807, 2.05) is 32.9 Å². The zero-order valence-corrected chi connectivity index (χ0v) is 16.2. The maximum atomic E-state index is 12.2. The monoisotopic (exact) mass is 391 g/mol. The average molecular weight is 391 g/mol. The van der Waals surface area contributed by atoms with E-state index in [-0.39, 0.29) is 11.7 Å². The van der Waals surface area contributed by atoms with Gasteiger partial charge in [0.05, 0.1) is 12.5 Å². The van der Waals surface area contributed by atoms with Crippen LogP contribution in [0.3, 0.4) is 0 Å². The molecule has 0 bridgehead atoms. The van der Waals surface area contributed by atoms with Crippen molar-refractivity contribution >= 4 is 35.7 Å². The van der Waals surface area contributed by atoms with Crippen molar-refractivity contribution in [3.8, 4) is 0 Å². The standard InChI is InChI=1S/C19H25N3O6/c1-11(16(26)21-12(10-23)9-15(24)25)20-17(27)18(28)22-14-8-6-5-7-13(14)19(2,3)4/h5-8,10-12H,9H2,1-4H3,(H,20,27)(H,21,26)(H,22,28)(H,24,25). The van der Waals surface area contributed by atoms with E-state index in [1.165, 1.54) is 6.92 Å². The predicted octanol–water partition coefficient (Wildman–Crippen LogP) is 0.586. The Hall–Kier alpha value is -3.23. The quantitative estimate of drug-likeness (QED) is 0.396. The Balaban J connectivity index is 2.72. The van der Waals surface area contributed by atoms with Crippen LogP contribution in [0.4, 0.5) is 5.69 Å². The average Bonchev–Trinajstić information content (AvgIpc) is 2.59. The molecule has 0 aliphatic carbocycles. The van der Waals surface area contributed by atoms with Crippen LogP contribution in [-0.4, -0.2) is 47.2 Å². The molecule has 0 saturated carbocycles. The lowest BCUT2D eigenvalue weighted by Gasteiger charge is -2.23. The van der Waals surface area contributed by atoms with Crippen LogP contribution in [0.15, 0.2) is 24.3 Å². The van der Waals surface area contributed by atoms with Gasteiger partial charge in [0.15, 0.2) is 0 Å². The molecule has 152 valence electrons. The highest BCUT2D eigenvalue weighted by atomic mass is 16.4. The molecule has 0 heterocycles. The predicted molar refractivity (Wildman–Crippen MR) is 102 cm³/mol. The number of anilines is 1. The molecule has 0 aliphatic rings. The number of para-hydroxylation sites is 1. The lowest BCUT2D eigenvalue weighted by atomic mass is 9.86. The van der Waals surface area contributed by atoms with Gasteiger partial charge in [0.25, 0.3) is 0 Å². The summed E-state index contributed by atoms with van der Waals surface area (Å²) in [5.41, 5.74) is 1.06. The first-order valence-corrected chi connectivity index (χ1v) is 8.64. The first kappa shape index (κ1) is 22.8. The Morgan fingerprint density at radius 3 is 2.21 bits per heavy atom. The van der Waals surface area contributed by atoms with Crippen molar-refractivity contribution in [3.63, 3.8) is 0 Å². The largest absolute Gasteiger partial charge is 0.481 e. The Labute approximate surface area is 162 Å². The van der Waals surface area contributed by atoms with Crippen molar-refractivity contribution in [3.05, 3.63) is 29.8 Å². The lowest BCUT2D eigenvalue weighted by Crippen LogP contribution is -2.51. The Morgan fingerprint density at radius 1 is 1.07 bits per heavy atom. The van der Waals surface area contributed by atoms with E-state index in [0.717, 1.165) is 5.56 Å². The zero-order valence-electron chi connectivity index (χ0n) is 16.2. The maximum Gasteiger partial charge on any atom is 0.313 e. The molecule has 28 heavy (non-hydrogen) atoms. The SMILES string of the molecule is CC(NC(=O)C(=O)Nc1ccccc1C(C)(C)C)C(=O)NC(C=O)CC(=O)O. The summed E-state index contributed by atoms with van der Waals surface area (Å²) in [5.74, 6) is -4.03. The van der Waals surface area contributed by atoms with E-state index < -0.39 is 42.2 Å². The molecular formula is C19H25N3O6. The van der Waals surface area contributed by atoms with Crippen LogP contribution < -0.4 is 16.0 Å². The van der Waals surface area contributed by atoms with Crippen LogP contribution in [0.25, 0.3) is 0 Å². The molecule has 1 aromatic rings. The number of aliphatic carboxylic acids is 1. The fourth-order valence-corrected chi connectivity index (χ4v) is 2.38. The zero-order chi connectivity index (χ0) is 21.5. The van der Waals surface area contributed by atoms with Gasteiger partial charge in [0.2, 0.25) is 5.91 Å². The topological polar surface area (TPSA) is 142 Å². The summed E-state index contributed by atoms with van der Waals surface area (Å²) in [6, 6.07) is 4.68. The Kier molecular flexibility index (Phi) is 7.85. The number of carbonyl (C=O) groups excluding carboxylic acids is 4. The maximum absolute atomic E-state index is 12.2. The first-order valence-electron chi connectivity index (χ1n) is 8.64. The van der Waals surface area contributed by atoms with Crippen LogP contribution in [-0.2, 0) is 29.4 Å². The molecule has 1 rings (SSSR count). The van der Waals surface area contributed by atoms with E-state index in [2.05, 4.69) is 16.0 Å². The van der Waals surface area contributed by atoms with Gasteiger partial charge >= 0.3 is 17.8 Å². The van der Waals surface area contributed by atoms with Gasteiger partial charge in [-0.2, -0.15) is 0 Å². The first-order chi connectivity index (χ1) is 13.0. The van der Waals surface area contributed by atoms with Crippen LogP contribution in [0, 0.1) is 0 Å². The number of carboxylic acids is 1. The van der Waals surface area contributed by atoms with E-state index in [9.17, 15) is 24.0 Å². The van der Waals surface area contributed by atoms with E-state index >= 15 is 0 Å². The van der Waals surface area contributed by atoms with E-state index in [0.29, 0.717) is 5.69 Å². The molecule has 1 aromatic carbocycles. The summed E-state index contributed by atoms with van der Waals surface area (Å²) in [4.78, 5) is 57.7. The molecule has 2 unspecified atom stereocenters. The molecule has 0 radical (unpaired) electrons. The van der Waals surface area contributed by atoms with Gasteiger partial charge in [0.1, 0.15) is 12.3 Å². The van der Waals surface area contributed by atoms with Crippen molar-refractivity contribution in [1.82, 2.24) is 10.6 Å². The minimum absolute atomic E-state index is 0.262. The normalized spacial score (nSPS) is 13.0. The Morgan fingerprint density at radius 2 is 1.68 bits per heavy atom. The van der Waals surface area contributed by atoms with E-state index in [4.69, 9.17) is 5.11 Å². The number of hydrogen-bond acceptors (Lipinski definition) is 5. The molecule has 4 N–H and O–H groups in total. The number of carbonyl (C=O) groups is 5. The third kappa shape index (κ3) is 6.82. The summed E-state index contributed by atoms with van der Waals surface area (Å²) >= 11 is 0. The second-order valence-corrected chi connectivity index (χ2v) is 7.29. The Bertz CT molecular complexity index is 769. The van der Waals surface area contributed by atoms with Crippen LogP contribution in [0.1, 0.15) is 39.7 Å². The fourth-order valence-electron chi connectivity index (χ4n) is 2.38. The summed E-state index contributed by atoms with van der Waals surface area (Å²) < 4.78 is 0. The van der Waals surface area contributed by atoms with Crippen molar-refractivity contribution < 1.29 is 29.1 Å². The molecule has 0 saturated heterocycles. The molecule has 0 fully saturated rings. The number of rotatable bonds is 7. The highest BCUT2D eigenvalue weighted by Crippen LogP contribution is 2.29. The van der Waals surface area contributed by atoms with Crippen LogP contribution >= 0.6 is 0 Å². The minimum atomic E-state index is -1.26. The van der Waals surface area contributed by atoms with Gasteiger partial charge in [-0.3, -0.25) is 19.2 Å². The highest BCUT2D eigenvalue weighted by Gasteiger charge is 2.25. The van der Waals surface area contributed by atoms with Crippen molar-refractivity contribution in [2.75, 3.05) is 5.32 Å². The van der Waals surface area contributed by atoms with Crippen molar-refractivity contribution in [2.45, 2.75) is 51.6 Å². The van der Waals surface area contributed by atoms with Crippen LogP contribution in [0.2, 0.25) is 0 Å². The second-order valence-electron chi connectivity index (χ2n) is 7.29. The number of nitrogens with one attached hydrogen (secondary N) is 3. The smallest absolute Gasteiger partial charge is 0.313 e. The summed E-state index contributed by atoms with van der Waals surface area (Å²) in [7, 11) is 0. The molecule has 2 atom stereocenters. The number of carboxylic acid groups (broad SMARTS) is 1. The molecule has 9 nitrogen and oxygen atoms in total. The minimum Gasteiger partial charge on any atom is -0.481 e. The fraction of sp³-hybridized carbons (Fsp3) is 0.421. The van der Waals surface area contributed by atoms with Gasteiger partial charge in [0, 0.05) is 5.69 Å². The molecule has 3 amide bonds. The lowest BCUT2D eigenvalue weighted by molar-refractivity contribution is -0.139. The van der Waals surface area contributed by atoms with Gasteiger partial charge < -0.3 is 25.9 Å². The molecule has 0 aliphatic heterocycles. The van der Waals surface area contributed by atoms with Crippen molar-refractivity contribution in [2.24, 2.45) is 0 Å². The summed E-state index contributed by atoms with van der Waals surface area (Å²) in [6.45, 7) is 7.20. The molecule has 9 heteroatoms. The molecule has 0 spiro atoms. The summed E-state index contributed by atoms with van der Waals surface area (Å²) in [6.07, 6.45) is -0.295. The number of benzene rings is 1. The number of aldehydes is 1. The second kappa shape index (κ2) is 9.63. The summed E-state index contributed by atoms with van der Waals surface area (Å²) in [5, 5.41) is 15.6. The third-order valence-corrected chi connectivity index (χ3v) is 3.82.